The van der Waals surface area contributed by atoms with Gasteiger partial charge in [0.1, 0.15) is 0 Å². The van der Waals surface area contributed by atoms with E-state index >= 15 is 0 Å². The molecule has 2 aliphatic carbocycles. The summed E-state index contributed by atoms with van der Waals surface area (Å²) in [4.78, 5) is 23.0. The van der Waals surface area contributed by atoms with Crippen LogP contribution in [0.1, 0.15) is 51.4 Å². The quantitative estimate of drug-likeness (QED) is 0.682. The van der Waals surface area contributed by atoms with Crippen molar-refractivity contribution in [3.05, 3.63) is 12.2 Å². The van der Waals surface area contributed by atoms with Crippen LogP contribution in [0.25, 0.3) is 0 Å². The zero-order chi connectivity index (χ0) is 13.7. The van der Waals surface area contributed by atoms with Crippen LogP contribution in [-0.2, 0) is 4.79 Å². The topological polar surface area (TPSA) is 78.4 Å². The smallest absolute Gasteiger partial charge is 0.315 e. The van der Waals surface area contributed by atoms with Gasteiger partial charge in [-0.3, -0.25) is 4.79 Å². The molecule has 3 N–H and O–H groups in total. The predicted molar refractivity (Wildman–Crippen MR) is 71.9 cm³/mol. The van der Waals surface area contributed by atoms with Gasteiger partial charge in [0.15, 0.2) is 0 Å². The molecule has 2 amide bonds. The minimum atomic E-state index is -0.843. The molecule has 0 unspecified atom stereocenters. The fraction of sp³-hybridized carbons (Fsp3) is 0.714. The van der Waals surface area contributed by atoms with Crippen LogP contribution in [0.5, 0.6) is 0 Å². The molecule has 0 aromatic carbocycles. The SMILES string of the molecule is O=C(O)CC1(NC(=O)NC2CC=CC2)CCCCC1. The molecule has 5 heteroatoms. The van der Waals surface area contributed by atoms with Gasteiger partial charge in [0.25, 0.3) is 0 Å². The van der Waals surface area contributed by atoms with Crippen molar-refractivity contribution in [2.75, 3.05) is 0 Å². The number of carbonyl (C=O) groups excluding carboxylic acids is 1. The molecule has 0 bridgehead atoms. The molecule has 106 valence electrons. The summed E-state index contributed by atoms with van der Waals surface area (Å²) in [6, 6.07) is -0.0673. The third-order valence-electron chi connectivity index (χ3n) is 4.02. The summed E-state index contributed by atoms with van der Waals surface area (Å²) in [6.45, 7) is 0. The molecule has 0 spiro atoms. The summed E-state index contributed by atoms with van der Waals surface area (Å²) < 4.78 is 0. The van der Waals surface area contributed by atoms with Crippen LogP contribution in [0.2, 0.25) is 0 Å². The summed E-state index contributed by atoms with van der Waals surface area (Å²) in [5.74, 6) is -0.843. The third kappa shape index (κ3) is 3.98. The second-order valence-corrected chi connectivity index (χ2v) is 5.65. The fourth-order valence-electron chi connectivity index (χ4n) is 3.06. The number of carboxylic acids is 1. The van der Waals surface area contributed by atoms with Crippen LogP contribution in [0.4, 0.5) is 4.79 Å². The second kappa shape index (κ2) is 6.08. The summed E-state index contributed by atoms with van der Waals surface area (Å²) >= 11 is 0. The Bertz CT molecular complexity index is 365. The van der Waals surface area contributed by atoms with E-state index in [4.69, 9.17) is 5.11 Å². The van der Waals surface area contributed by atoms with Crippen LogP contribution in [-0.4, -0.2) is 28.7 Å². The normalized spacial score (nSPS) is 22.1. The summed E-state index contributed by atoms with van der Waals surface area (Å²) in [7, 11) is 0. The number of carboxylic acid groups (broad SMARTS) is 1. The minimum absolute atomic E-state index is 0.0172. The van der Waals surface area contributed by atoms with Gasteiger partial charge < -0.3 is 15.7 Å². The number of nitrogens with one attached hydrogen (secondary N) is 2. The number of urea groups is 1. The summed E-state index contributed by atoms with van der Waals surface area (Å²) in [5.41, 5.74) is -0.555. The zero-order valence-electron chi connectivity index (χ0n) is 11.2. The van der Waals surface area contributed by atoms with E-state index in [0.717, 1.165) is 44.9 Å². The first kappa shape index (κ1) is 13.9. The first-order valence-electron chi connectivity index (χ1n) is 7.05. The van der Waals surface area contributed by atoms with Gasteiger partial charge in [0.2, 0.25) is 0 Å². The van der Waals surface area contributed by atoms with Crippen LogP contribution in [0, 0.1) is 0 Å². The molecule has 0 heterocycles. The zero-order valence-corrected chi connectivity index (χ0v) is 11.2. The van der Waals surface area contributed by atoms with Gasteiger partial charge in [0.05, 0.1) is 12.0 Å². The Balaban J connectivity index is 1.90. The van der Waals surface area contributed by atoms with Crippen molar-refractivity contribution >= 4 is 12.0 Å². The Labute approximate surface area is 113 Å². The standard InChI is InChI=1S/C14H22N2O3/c17-12(18)10-14(8-4-1-5-9-14)16-13(19)15-11-6-2-3-7-11/h2-3,11H,1,4-10H2,(H,17,18)(H2,15,16,19). The lowest BCUT2D eigenvalue weighted by atomic mass is 9.79. The van der Waals surface area contributed by atoms with Gasteiger partial charge in [-0.05, 0) is 25.7 Å². The molecule has 0 saturated heterocycles. The van der Waals surface area contributed by atoms with Crippen LogP contribution in [0.3, 0.4) is 0 Å². The Morgan fingerprint density at radius 1 is 1.16 bits per heavy atom. The molecule has 0 aliphatic heterocycles. The molecular formula is C14H22N2O3. The lowest BCUT2D eigenvalue weighted by Crippen LogP contribution is -2.55. The van der Waals surface area contributed by atoms with E-state index in [1.165, 1.54) is 0 Å². The van der Waals surface area contributed by atoms with E-state index < -0.39 is 11.5 Å². The van der Waals surface area contributed by atoms with Gasteiger partial charge in [-0.15, -0.1) is 0 Å². The third-order valence-corrected chi connectivity index (χ3v) is 4.02. The number of amides is 2. The molecule has 19 heavy (non-hydrogen) atoms. The Morgan fingerprint density at radius 2 is 1.79 bits per heavy atom. The van der Waals surface area contributed by atoms with Crippen molar-refractivity contribution in [3.8, 4) is 0 Å². The van der Waals surface area contributed by atoms with E-state index in [-0.39, 0.29) is 18.5 Å². The van der Waals surface area contributed by atoms with E-state index in [1.807, 2.05) is 0 Å². The van der Waals surface area contributed by atoms with Crippen molar-refractivity contribution in [2.24, 2.45) is 0 Å². The molecule has 0 aromatic heterocycles. The van der Waals surface area contributed by atoms with Crippen molar-refractivity contribution < 1.29 is 14.7 Å². The highest BCUT2D eigenvalue weighted by Crippen LogP contribution is 2.31. The molecular weight excluding hydrogens is 244 g/mol. The Morgan fingerprint density at radius 3 is 2.37 bits per heavy atom. The average molecular weight is 266 g/mol. The Hall–Kier alpha value is -1.52. The van der Waals surface area contributed by atoms with Crippen molar-refractivity contribution in [3.63, 3.8) is 0 Å². The highest BCUT2D eigenvalue weighted by molar-refractivity contribution is 5.77. The van der Waals surface area contributed by atoms with Crippen molar-refractivity contribution in [1.29, 1.82) is 0 Å². The number of carbonyl (C=O) groups is 2. The molecule has 5 nitrogen and oxygen atoms in total. The largest absolute Gasteiger partial charge is 0.481 e. The predicted octanol–water partition coefficient (Wildman–Crippen LogP) is 2.18. The fourth-order valence-corrected chi connectivity index (χ4v) is 3.06. The van der Waals surface area contributed by atoms with Gasteiger partial charge in [-0.2, -0.15) is 0 Å². The average Bonchev–Trinajstić information content (AvgIpc) is 2.81. The molecule has 0 radical (unpaired) electrons. The first-order chi connectivity index (χ1) is 9.10. The molecule has 1 fully saturated rings. The highest BCUT2D eigenvalue weighted by Gasteiger charge is 2.36. The molecule has 1 saturated carbocycles. The monoisotopic (exact) mass is 266 g/mol. The maximum Gasteiger partial charge on any atom is 0.315 e. The van der Waals surface area contributed by atoms with Crippen LogP contribution in [0.15, 0.2) is 12.2 Å². The maximum atomic E-state index is 12.0. The summed E-state index contributed by atoms with van der Waals surface area (Å²) in [5, 5.41) is 14.9. The Kier molecular flexibility index (Phi) is 4.45. The maximum absolute atomic E-state index is 12.0. The minimum Gasteiger partial charge on any atom is -0.481 e. The van der Waals surface area contributed by atoms with Gasteiger partial charge in [-0.1, -0.05) is 31.4 Å². The first-order valence-corrected chi connectivity index (χ1v) is 7.05. The second-order valence-electron chi connectivity index (χ2n) is 5.65. The van der Waals surface area contributed by atoms with Crippen LogP contribution >= 0.6 is 0 Å². The van der Waals surface area contributed by atoms with E-state index in [9.17, 15) is 9.59 Å². The van der Waals surface area contributed by atoms with Gasteiger partial charge in [0, 0.05) is 6.04 Å². The molecule has 0 atom stereocenters. The highest BCUT2D eigenvalue weighted by atomic mass is 16.4. The van der Waals surface area contributed by atoms with E-state index in [2.05, 4.69) is 22.8 Å². The van der Waals surface area contributed by atoms with E-state index in [0.29, 0.717) is 0 Å². The van der Waals surface area contributed by atoms with Gasteiger partial charge >= 0.3 is 12.0 Å². The molecule has 0 aromatic rings. The summed E-state index contributed by atoms with van der Waals surface area (Å²) in [6.07, 6.45) is 10.5. The lowest BCUT2D eigenvalue weighted by molar-refractivity contribution is -0.139. The molecule has 2 aliphatic rings. The van der Waals surface area contributed by atoms with E-state index in [1.54, 1.807) is 0 Å². The van der Waals surface area contributed by atoms with Gasteiger partial charge in [-0.25, -0.2) is 4.79 Å². The molecule has 2 rings (SSSR count). The number of hydrogen-bond donors (Lipinski definition) is 3. The van der Waals surface area contributed by atoms with Crippen LogP contribution < -0.4 is 10.6 Å². The van der Waals surface area contributed by atoms with Crippen molar-refractivity contribution in [2.45, 2.75) is 62.9 Å². The lowest BCUT2D eigenvalue weighted by Gasteiger charge is -2.37. The number of rotatable bonds is 4. The number of hydrogen-bond acceptors (Lipinski definition) is 2. The van der Waals surface area contributed by atoms with Crippen molar-refractivity contribution in [1.82, 2.24) is 10.6 Å². The number of aliphatic carboxylic acids is 1.